The van der Waals surface area contributed by atoms with Crippen molar-refractivity contribution in [3.63, 3.8) is 0 Å². The molecule has 498 valence electrons. The Morgan fingerprint density at radius 3 is 2.08 bits per heavy atom. The number of carbonyl (C=O) groups excluding carboxylic acids is 10. The van der Waals surface area contributed by atoms with Gasteiger partial charge in [-0.05, 0) is 92.5 Å². The largest absolute Gasteiger partial charge is 0.445 e. The number of rotatable bonds is 30. The Bertz CT molecular complexity index is 2780. The van der Waals surface area contributed by atoms with Crippen molar-refractivity contribution >= 4 is 59.6 Å². The number of ether oxygens (including phenoxy) is 5. The molecule has 0 radical (unpaired) electrons. The zero-order chi connectivity index (χ0) is 66.5. The van der Waals surface area contributed by atoms with Crippen molar-refractivity contribution in [1.29, 1.82) is 0 Å². The fourth-order valence-corrected chi connectivity index (χ4v) is 11.9. The summed E-state index contributed by atoms with van der Waals surface area (Å²) in [5.74, 6) is -8.32. The molecule has 5 rings (SSSR count). The van der Waals surface area contributed by atoms with Crippen LogP contribution in [0.4, 0.5) is 9.59 Å². The molecule has 2 heterocycles. The summed E-state index contributed by atoms with van der Waals surface area (Å²) in [5.41, 5.74) is 1.04. The van der Waals surface area contributed by atoms with E-state index in [2.05, 4.69) is 10.6 Å². The van der Waals surface area contributed by atoms with E-state index in [0.29, 0.717) is 48.4 Å². The van der Waals surface area contributed by atoms with Crippen molar-refractivity contribution in [3.8, 4) is 5.75 Å². The predicted octanol–water partition coefficient (Wildman–Crippen LogP) is 7.06. The highest BCUT2D eigenvalue weighted by Crippen LogP contribution is 2.31. The van der Waals surface area contributed by atoms with Crippen molar-refractivity contribution in [2.45, 2.75) is 194 Å². The minimum Gasteiger partial charge on any atom is -0.445 e. The van der Waals surface area contributed by atoms with Gasteiger partial charge in [-0.15, -0.1) is 5.06 Å². The highest BCUT2D eigenvalue weighted by atomic mass is 16.7. The second-order valence-corrected chi connectivity index (χ2v) is 24.7. The maximum Gasteiger partial charge on any atom is 0.410 e. The van der Waals surface area contributed by atoms with E-state index in [9.17, 15) is 53.1 Å². The van der Waals surface area contributed by atoms with Crippen LogP contribution in [0, 0.1) is 29.6 Å². The van der Waals surface area contributed by atoms with E-state index in [0.717, 1.165) is 35.5 Å². The third-order valence-corrected chi connectivity index (χ3v) is 17.3. The molecule has 0 saturated carbocycles. The molecule has 2 aliphatic heterocycles. The van der Waals surface area contributed by atoms with Gasteiger partial charge < -0.3 is 59.0 Å². The van der Waals surface area contributed by atoms with E-state index in [1.165, 1.54) is 51.4 Å². The van der Waals surface area contributed by atoms with Crippen LogP contribution in [0.15, 0.2) is 66.7 Å². The number of allylic oxidation sites excluding steroid dienone is 1. The van der Waals surface area contributed by atoms with E-state index in [1.807, 2.05) is 44.2 Å². The monoisotopic (exact) mass is 1260 g/mol. The minimum absolute atomic E-state index is 0.00662. The second-order valence-electron chi connectivity index (χ2n) is 24.7. The first-order valence-corrected chi connectivity index (χ1v) is 31.5. The fourth-order valence-electron chi connectivity index (χ4n) is 11.9. The quantitative estimate of drug-likeness (QED) is 0.0305. The molecule has 24 heteroatoms. The van der Waals surface area contributed by atoms with Gasteiger partial charge in [0.1, 0.15) is 30.5 Å². The Morgan fingerprint density at radius 2 is 1.44 bits per heavy atom. The molecule has 2 unspecified atom stereocenters. The van der Waals surface area contributed by atoms with Crippen LogP contribution >= 0.6 is 0 Å². The summed E-state index contributed by atoms with van der Waals surface area (Å²) in [6.45, 7) is 14.2. The van der Waals surface area contributed by atoms with Gasteiger partial charge >= 0.3 is 24.1 Å². The molecule has 3 aliphatic rings. The standard InChI is InChI=1S/C66H97N7O17/c1-14-42(6)58(51(85-12)37-54(76)72-34-24-31-50(72)60(86-13)43(7)61(79)67-44(8)59(78)46-26-19-18-20-27-46)70(10)63(81)56(40(2)3)68-62(80)57(41(4)5)71(11)66(84)87-39-45-25-23-30-49(35-45)88-55(77)36-47(64(82)90-73-52(74)32-33-53(73)75)38-69(9)65(83)89-48-28-21-16-15-17-22-29-48/h18-21,23,25-28,30,35,40-44,47-48,50-51,56-60,78H,14-17,22,24,29,31-34,36-39H2,1-13H3,(H,67,79)(H,68,80)/t42-,43+,44+,47?,48?,50-,51+,56-,57-,58-,59+,60+/m0/s1. The minimum atomic E-state index is -1.40. The summed E-state index contributed by atoms with van der Waals surface area (Å²) in [4.78, 5) is 147. The number of aliphatic hydroxyl groups is 1. The van der Waals surface area contributed by atoms with Gasteiger partial charge in [-0.25, -0.2) is 14.4 Å². The van der Waals surface area contributed by atoms with Crippen LogP contribution in [0.5, 0.6) is 5.75 Å². The average Bonchev–Trinajstić information content (AvgIpc) is 1.63. The highest BCUT2D eigenvalue weighted by molar-refractivity contribution is 6.02. The normalized spacial score (nSPS) is 19.4. The van der Waals surface area contributed by atoms with Crippen LogP contribution in [0.25, 0.3) is 0 Å². The van der Waals surface area contributed by atoms with Crippen molar-refractivity contribution in [1.82, 2.24) is 35.3 Å². The lowest BCUT2D eigenvalue weighted by Crippen LogP contribution is -2.60. The molecule has 8 amide bonds. The number of likely N-dealkylation sites (N-methyl/N-ethyl adjacent to an activating group) is 2. The molecular formula is C66H97N7O17. The number of methoxy groups -OCH3 is 2. The highest BCUT2D eigenvalue weighted by Gasteiger charge is 2.44. The lowest BCUT2D eigenvalue weighted by atomic mass is 9.89. The van der Waals surface area contributed by atoms with Crippen molar-refractivity contribution in [2.24, 2.45) is 29.6 Å². The molecule has 0 spiro atoms. The van der Waals surface area contributed by atoms with E-state index in [-0.39, 0.29) is 49.4 Å². The molecule has 2 aromatic rings. The van der Waals surface area contributed by atoms with Crippen LogP contribution in [0.3, 0.4) is 0 Å². The number of esters is 1. The Hall–Kier alpha value is -7.44. The van der Waals surface area contributed by atoms with E-state index >= 15 is 0 Å². The third-order valence-electron chi connectivity index (χ3n) is 17.3. The van der Waals surface area contributed by atoms with Gasteiger partial charge in [-0.2, -0.15) is 0 Å². The van der Waals surface area contributed by atoms with Crippen molar-refractivity contribution in [3.05, 3.63) is 77.9 Å². The number of carbonyl (C=O) groups is 10. The maximum atomic E-state index is 14.8. The molecule has 2 saturated heterocycles. The number of imide groups is 1. The number of likely N-dealkylation sites (tertiary alicyclic amines) is 1. The summed E-state index contributed by atoms with van der Waals surface area (Å²) in [6, 6.07) is 11.2. The number of aliphatic hydroxyl groups excluding tert-OH is 1. The van der Waals surface area contributed by atoms with Gasteiger partial charge in [-0.3, -0.25) is 38.5 Å². The SMILES string of the molecule is CC[C@H](C)[C@@H]([C@@H](CC(=O)N1CCC[C@H]1[C@H](OC)[C@@H](C)C(=O)N[C@H](C)[C@@H](O)c1ccccc1)OC)N(C)C(=O)[C@@H](NC(=O)[C@H](C(C)C)N(C)C(=O)OCc1cccc(OC(=O)CC(CN(C)C(=O)OC2C=CCCCCC2)C(=O)ON2C(=O)CCC2=O)c1)C(C)C. The molecule has 90 heavy (non-hydrogen) atoms. The summed E-state index contributed by atoms with van der Waals surface area (Å²) in [6.07, 6.45) is 4.38. The second kappa shape index (κ2) is 35.2. The summed E-state index contributed by atoms with van der Waals surface area (Å²) < 4.78 is 29.0. The van der Waals surface area contributed by atoms with Crippen LogP contribution in [-0.4, -0.2) is 186 Å². The zero-order valence-electron chi connectivity index (χ0n) is 54.8. The Morgan fingerprint density at radius 1 is 0.756 bits per heavy atom. The van der Waals surface area contributed by atoms with Gasteiger partial charge in [0.25, 0.3) is 11.8 Å². The predicted molar refractivity (Wildman–Crippen MR) is 331 cm³/mol. The number of amides is 8. The Kier molecular flexibility index (Phi) is 28.7. The third kappa shape index (κ3) is 20.3. The molecule has 1 aliphatic carbocycles. The molecular weight excluding hydrogens is 1160 g/mol. The van der Waals surface area contributed by atoms with Gasteiger partial charge in [0.05, 0.1) is 61.1 Å². The fraction of sp³-hybridized carbons (Fsp3) is 0.636. The van der Waals surface area contributed by atoms with Crippen molar-refractivity contribution < 1.29 is 81.6 Å². The van der Waals surface area contributed by atoms with E-state index in [4.69, 9.17) is 28.5 Å². The number of nitrogens with one attached hydrogen (secondary N) is 2. The topological polar surface area (TPSA) is 287 Å². The van der Waals surface area contributed by atoms with Crippen LogP contribution in [-0.2, 0) is 68.7 Å². The van der Waals surface area contributed by atoms with Gasteiger partial charge in [0, 0.05) is 61.3 Å². The molecule has 12 atom stereocenters. The lowest BCUT2D eigenvalue weighted by molar-refractivity contribution is -0.201. The first-order chi connectivity index (χ1) is 42.7. The van der Waals surface area contributed by atoms with Gasteiger partial charge in [0.15, 0.2) is 0 Å². The van der Waals surface area contributed by atoms with Gasteiger partial charge in [0.2, 0.25) is 23.6 Å². The Labute approximate surface area is 529 Å². The molecule has 2 aromatic carbocycles. The van der Waals surface area contributed by atoms with Crippen molar-refractivity contribution in [2.75, 3.05) is 48.5 Å². The summed E-state index contributed by atoms with van der Waals surface area (Å²) >= 11 is 0. The molecule has 0 bridgehead atoms. The van der Waals surface area contributed by atoms with Crippen LogP contribution in [0.1, 0.15) is 150 Å². The Balaban J connectivity index is 1.21. The maximum absolute atomic E-state index is 14.8. The van der Waals surface area contributed by atoms with Gasteiger partial charge in [-0.1, -0.05) is 110 Å². The number of hydrogen-bond acceptors (Lipinski definition) is 17. The number of benzene rings is 2. The first kappa shape index (κ1) is 73.3. The number of nitrogens with zero attached hydrogens (tertiary/aromatic N) is 5. The lowest BCUT2D eigenvalue weighted by Gasteiger charge is -2.41. The zero-order valence-corrected chi connectivity index (χ0v) is 54.8. The van der Waals surface area contributed by atoms with E-state index < -0.39 is 139 Å². The first-order valence-electron chi connectivity index (χ1n) is 31.5. The van der Waals surface area contributed by atoms with Crippen LogP contribution in [0.2, 0.25) is 0 Å². The smallest absolute Gasteiger partial charge is 0.410 e. The molecule has 3 N–H and O–H groups in total. The summed E-state index contributed by atoms with van der Waals surface area (Å²) in [5, 5.41) is 17.2. The molecule has 0 aromatic heterocycles. The average molecular weight is 1260 g/mol. The van der Waals surface area contributed by atoms with Crippen LogP contribution < -0.4 is 15.4 Å². The number of hydrogen-bond donors (Lipinski definition) is 3. The molecule has 24 nitrogen and oxygen atoms in total. The summed E-state index contributed by atoms with van der Waals surface area (Å²) in [7, 11) is 7.41. The molecule has 2 fully saturated rings. The number of hydroxylamine groups is 2. The van der Waals surface area contributed by atoms with E-state index in [1.54, 1.807) is 71.7 Å².